The summed E-state index contributed by atoms with van der Waals surface area (Å²) in [7, 11) is 0. The first-order valence-corrected chi connectivity index (χ1v) is 16.3. The lowest BCUT2D eigenvalue weighted by Crippen LogP contribution is -2.01. The second-order valence-corrected chi connectivity index (χ2v) is 12.1. The highest BCUT2D eigenvalue weighted by molar-refractivity contribution is 5.99. The van der Waals surface area contributed by atoms with Crippen molar-refractivity contribution in [3.8, 4) is 61.3 Å². The van der Waals surface area contributed by atoms with E-state index in [4.69, 9.17) is 10.2 Å². The van der Waals surface area contributed by atoms with Crippen molar-refractivity contribution in [3.05, 3.63) is 176 Å². The van der Waals surface area contributed by atoms with E-state index in [9.17, 15) is 0 Å². The standard InChI is InChI=1S/C44H29N5/c1-2-18-38-30(10-1)11-7-20-39(38)40-19-3-4-21-43(40)49-47-42-27-37(33-14-5-12-31(24-33)35-16-8-22-45-28-35)26-41(44(42)48-49)34-15-6-13-32(25-34)36-17-9-23-46-29-36/h1-29H. The molecule has 0 aliphatic carbocycles. The van der Waals surface area contributed by atoms with Gasteiger partial charge in [-0.15, -0.1) is 15.0 Å². The fraction of sp³-hybridized carbons (Fsp3) is 0. The number of hydrogen-bond donors (Lipinski definition) is 0. The molecule has 9 rings (SSSR count). The molecule has 5 heteroatoms. The summed E-state index contributed by atoms with van der Waals surface area (Å²) in [4.78, 5) is 10.5. The van der Waals surface area contributed by atoms with Gasteiger partial charge in [0.05, 0.1) is 5.69 Å². The number of pyridine rings is 2. The fourth-order valence-electron chi connectivity index (χ4n) is 6.66. The van der Waals surface area contributed by atoms with Crippen LogP contribution in [0.4, 0.5) is 0 Å². The van der Waals surface area contributed by atoms with Crippen molar-refractivity contribution >= 4 is 21.8 Å². The summed E-state index contributed by atoms with van der Waals surface area (Å²) in [6.07, 6.45) is 7.40. The Morgan fingerprint density at radius 2 is 0.980 bits per heavy atom. The quantitative estimate of drug-likeness (QED) is 0.184. The average molecular weight is 628 g/mol. The van der Waals surface area contributed by atoms with Crippen molar-refractivity contribution < 1.29 is 0 Å². The zero-order valence-corrected chi connectivity index (χ0v) is 26.5. The van der Waals surface area contributed by atoms with Gasteiger partial charge in [-0.05, 0) is 86.6 Å². The van der Waals surface area contributed by atoms with Crippen molar-refractivity contribution in [2.24, 2.45) is 0 Å². The molecule has 3 heterocycles. The van der Waals surface area contributed by atoms with E-state index in [0.29, 0.717) is 0 Å². The molecule has 3 aromatic heterocycles. The number of nitrogens with zero attached hydrogens (tertiary/aromatic N) is 5. The van der Waals surface area contributed by atoms with Crippen LogP contribution < -0.4 is 0 Å². The molecule has 5 nitrogen and oxygen atoms in total. The molecule has 0 fully saturated rings. The molecule has 0 atom stereocenters. The molecule has 49 heavy (non-hydrogen) atoms. The minimum Gasteiger partial charge on any atom is -0.264 e. The van der Waals surface area contributed by atoms with E-state index < -0.39 is 0 Å². The Balaban J connectivity index is 1.25. The van der Waals surface area contributed by atoms with Gasteiger partial charge in [-0.1, -0.05) is 109 Å². The Labute approximate surface area is 283 Å². The average Bonchev–Trinajstić information content (AvgIpc) is 3.62. The number of para-hydroxylation sites is 1. The smallest absolute Gasteiger partial charge is 0.121 e. The van der Waals surface area contributed by atoms with Gasteiger partial charge in [-0.2, -0.15) is 0 Å². The summed E-state index contributed by atoms with van der Waals surface area (Å²) in [6.45, 7) is 0. The van der Waals surface area contributed by atoms with Crippen molar-refractivity contribution in [3.63, 3.8) is 0 Å². The number of aromatic nitrogens is 5. The lowest BCUT2D eigenvalue weighted by atomic mass is 9.94. The van der Waals surface area contributed by atoms with Crippen LogP contribution >= 0.6 is 0 Å². The van der Waals surface area contributed by atoms with Gasteiger partial charge in [0.15, 0.2) is 0 Å². The second kappa shape index (κ2) is 12.1. The third-order valence-corrected chi connectivity index (χ3v) is 9.05. The second-order valence-electron chi connectivity index (χ2n) is 12.1. The normalized spacial score (nSPS) is 11.3. The molecule has 0 bridgehead atoms. The van der Waals surface area contributed by atoms with Gasteiger partial charge < -0.3 is 0 Å². The third-order valence-electron chi connectivity index (χ3n) is 9.05. The monoisotopic (exact) mass is 627 g/mol. The summed E-state index contributed by atoms with van der Waals surface area (Å²) in [5.41, 5.74) is 13.4. The molecule has 0 saturated heterocycles. The largest absolute Gasteiger partial charge is 0.264 e. The molecule has 0 N–H and O–H groups in total. The predicted octanol–water partition coefficient (Wildman–Crippen LogP) is 10.7. The van der Waals surface area contributed by atoms with Gasteiger partial charge >= 0.3 is 0 Å². The van der Waals surface area contributed by atoms with Gasteiger partial charge in [0, 0.05) is 47.0 Å². The minimum atomic E-state index is 0.818. The van der Waals surface area contributed by atoms with Crippen molar-refractivity contribution in [2.45, 2.75) is 0 Å². The van der Waals surface area contributed by atoms with Crippen LogP contribution in [0.25, 0.3) is 83.1 Å². The summed E-state index contributed by atoms with van der Waals surface area (Å²) in [5.74, 6) is 0. The molecule has 0 amide bonds. The Kier molecular flexibility index (Phi) is 7.06. The lowest BCUT2D eigenvalue weighted by Gasteiger charge is -2.11. The highest BCUT2D eigenvalue weighted by Gasteiger charge is 2.18. The molecular formula is C44H29N5. The maximum Gasteiger partial charge on any atom is 0.121 e. The van der Waals surface area contributed by atoms with Crippen LogP contribution in [0.2, 0.25) is 0 Å². The maximum atomic E-state index is 5.21. The maximum absolute atomic E-state index is 5.21. The van der Waals surface area contributed by atoms with E-state index in [1.165, 1.54) is 10.8 Å². The molecule has 0 saturated carbocycles. The molecule has 0 radical (unpaired) electrons. The van der Waals surface area contributed by atoms with E-state index >= 15 is 0 Å². The van der Waals surface area contributed by atoms with Crippen LogP contribution in [0.3, 0.4) is 0 Å². The first-order chi connectivity index (χ1) is 24.3. The molecule has 6 aromatic carbocycles. The number of fused-ring (bicyclic) bond motifs is 2. The van der Waals surface area contributed by atoms with Crippen LogP contribution in [0.5, 0.6) is 0 Å². The lowest BCUT2D eigenvalue weighted by molar-refractivity contribution is 0.767. The highest BCUT2D eigenvalue weighted by Crippen LogP contribution is 2.37. The predicted molar refractivity (Wildman–Crippen MR) is 199 cm³/mol. The van der Waals surface area contributed by atoms with E-state index in [0.717, 1.165) is 72.4 Å². The Hall–Kier alpha value is -6.72. The van der Waals surface area contributed by atoms with E-state index in [2.05, 4.69) is 143 Å². The van der Waals surface area contributed by atoms with Gasteiger partial charge in [0.1, 0.15) is 11.0 Å². The number of rotatable bonds is 6. The summed E-state index contributed by atoms with van der Waals surface area (Å²) >= 11 is 0. The Morgan fingerprint density at radius 3 is 1.73 bits per heavy atom. The van der Waals surface area contributed by atoms with Crippen LogP contribution in [0.1, 0.15) is 0 Å². The van der Waals surface area contributed by atoms with Crippen LogP contribution in [-0.2, 0) is 0 Å². The molecule has 0 unspecified atom stereocenters. The van der Waals surface area contributed by atoms with Crippen molar-refractivity contribution in [1.82, 2.24) is 25.0 Å². The van der Waals surface area contributed by atoms with Gasteiger partial charge in [0.25, 0.3) is 0 Å². The van der Waals surface area contributed by atoms with Gasteiger partial charge in [-0.25, -0.2) is 0 Å². The highest BCUT2D eigenvalue weighted by atomic mass is 15.5. The fourth-order valence-corrected chi connectivity index (χ4v) is 6.66. The van der Waals surface area contributed by atoms with E-state index in [-0.39, 0.29) is 0 Å². The zero-order valence-electron chi connectivity index (χ0n) is 26.5. The number of hydrogen-bond acceptors (Lipinski definition) is 4. The molecule has 0 spiro atoms. The van der Waals surface area contributed by atoms with Crippen LogP contribution in [0, 0.1) is 0 Å². The van der Waals surface area contributed by atoms with E-state index in [1.807, 2.05) is 30.6 Å². The molecular weight excluding hydrogens is 599 g/mol. The minimum absolute atomic E-state index is 0.818. The van der Waals surface area contributed by atoms with Crippen molar-refractivity contribution in [1.29, 1.82) is 0 Å². The SMILES string of the molecule is c1cncc(-c2cccc(-c3cc(-c4cccc(-c5cccnc5)c4)c4nn(-c5ccccc5-c5cccc6ccccc56)nc4c3)c2)c1. The molecule has 0 aliphatic rings. The zero-order chi connectivity index (χ0) is 32.6. The van der Waals surface area contributed by atoms with Crippen LogP contribution in [-0.4, -0.2) is 25.0 Å². The molecule has 230 valence electrons. The Morgan fingerprint density at radius 1 is 0.388 bits per heavy atom. The first kappa shape index (κ1) is 28.5. The van der Waals surface area contributed by atoms with E-state index in [1.54, 1.807) is 17.2 Å². The van der Waals surface area contributed by atoms with Crippen molar-refractivity contribution in [2.75, 3.05) is 0 Å². The summed E-state index contributed by atoms with van der Waals surface area (Å²) < 4.78 is 0. The summed E-state index contributed by atoms with van der Waals surface area (Å²) in [5, 5.41) is 12.8. The number of benzene rings is 6. The molecule has 0 aliphatic heterocycles. The van der Waals surface area contributed by atoms with Gasteiger partial charge in [-0.3, -0.25) is 9.97 Å². The Bertz CT molecular complexity index is 2600. The topological polar surface area (TPSA) is 56.5 Å². The summed E-state index contributed by atoms with van der Waals surface area (Å²) in [6, 6.07) is 53.0. The van der Waals surface area contributed by atoms with Crippen LogP contribution in [0.15, 0.2) is 176 Å². The van der Waals surface area contributed by atoms with Gasteiger partial charge in [0.2, 0.25) is 0 Å². The first-order valence-electron chi connectivity index (χ1n) is 16.3. The third kappa shape index (κ3) is 5.33. The molecule has 9 aromatic rings.